The molecule has 0 saturated heterocycles. The van der Waals surface area contributed by atoms with E-state index in [1.807, 2.05) is 0 Å². The molecule has 2 heteroatoms. The summed E-state index contributed by atoms with van der Waals surface area (Å²) in [6.45, 7) is 12.2. The largest absolute Gasteiger partial charge is 0.110 e. The van der Waals surface area contributed by atoms with Crippen molar-refractivity contribution < 1.29 is 0 Å². The minimum atomic E-state index is 0.0125. The van der Waals surface area contributed by atoms with E-state index in [0.29, 0.717) is 0 Å². The molecule has 0 aliphatic heterocycles. The van der Waals surface area contributed by atoms with Gasteiger partial charge in [0, 0.05) is 0 Å². The van der Waals surface area contributed by atoms with Gasteiger partial charge in [0.05, 0.1) is 0 Å². The summed E-state index contributed by atoms with van der Waals surface area (Å²) in [7, 11) is 0.229. The summed E-state index contributed by atoms with van der Waals surface area (Å²) < 4.78 is 0. The standard InChI is InChI=1S/C17H28P2/c1-13(15-10-8-12-17(15)19(4)5)14-9-6-7-11-16(14)18(2)3/h6-7,9,11,13,15,17H,8,10,12H2,1-5H3/t13-,15?,17?/m1/s1. The lowest BCUT2D eigenvalue weighted by molar-refractivity contribution is 0.468. The van der Waals surface area contributed by atoms with Crippen molar-refractivity contribution in [1.29, 1.82) is 0 Å². The molecule has 0 radical (unpaired) electrons. The molecule has 1 aromatic rings. The lowest BCUT2D eigenvalue weighted by Gasteiger charge is -2.31. The Morgan fingerprint density at radius 2 is 1.74 bits per heavy atom. The summed E-state index contributed by atoms with van der Waals surface area (Å²) in [4.78, 5) is 0. The summed E-state index contributed by atoms with van der Waals surface area (Å²) in [5.74, 6) is 1.68. The van der Waals surface area contributed by atoms with Crippen LogP contribution in [0.15, 0.2) is 24.3 Å². The first-order chi connectivity index (χ1) is 9.02. The van der Waals surface area contributed by atoms with Gasteiger partial charge in [-0.05, 0) is 67.9 Å². The fourth-order valence-electron chi connectivity index (χ4n) is 3.70. The third-order valence-corrected chi connectivity index (χ3v) is 8.08. The molecule has 1 fully saturated rings. The Hall–Kier alpha value is 0.0800. The highest BCUT2D eigenvalue weighted by molar-refractivity contribution is 7.64. The number of rotatable bonds is 4. The molecular formula is C17H28P2. The molecule has 1 saturated carbocycles. The molecule has 0 heterocycles. The van der Waals surface area contributed by atoms with Gasteiger partial charge in [-0.25, -0.2) is 0 Å². The molecule has 0 bridgehead atoms. The second-order valence-electron chi connectivity index (χ2n) is 6.37. The molecule has 1 aliphatic rings. The topological polar surface area (TPSA) is 0 Å². The van der Waals surface area contributed by atoms with E-state index in [2.05, 4.69) is 57.8 Å². The summed E-state index contributed by atoms with van der Waals surface area (Å²) in [6, 6.07) is 9.21. The lowest BCUT2D eigenvalue weighted by atomic mass is 9.86. The summed E-state index contributed by atoms with van der Waals surface area (Å²) in [5.41, 5.74) is 2.64. The number of benzene rings is 1. The summed E-state index contributed by atoms with van der Waals surface area (Å²) in [6.07, 6.45) is 4.38. The van der Waals surface area contributed by atoms with Crippen molar-refractivity contribution in [3.8, 4) is 0 Å². The Bertz CT molecular complexity index is 411. The van der Waals surface area contributed by atoms with Crippen LogP contribution in [0.25, 0.3) is 0 Å². The molecule has 19 heavy (non-hydrogen) atoms. The fraction of sp³-hybridized carbons (Fsp3) is 0.647. The summed E-state index contributed by atoms with van der Waals surface area (Å²) >= 11 is 0. The first kappa shape index (κ1) is 15.5. The van der Waals surface area contributed by atoms with Crippen molar-refractivity contribution in [2.45, 2.75) is 37.8 Å². The second-order valence-corrected chi connectivity index (χ2v) is 11.2. The average Bonchev–Trinajstić information content (AvgIpc) is 2.87. The van der Waals surface area contributed by atoms with Crippen molar-refractivity contribution in [2.75, 3.05) is 26.7 Å². The Morgan fingerprint density at radius 1 is 1.05 bits per heavy atom. The minimum absolute atomic E-state index is 0.0125. The zero-order valence-corrected chi connectivity index (χ0v) is 14.8. The van der Waals surface area contributed by atoms with Crippen LogP contribution in [0.3, 0.4) is 0 Å². The molecule has 1 aliphatic carbocycles. The monoisotopic (exact) mass is 294 g/mol. The van der Waals surface area contributed by atoms with Crippen LogP contribution in [0.2, 0.25) is 0 Å². The SMILES string of the molecule is C[C@H](c1ccccc1P(C)C)C1CCCC1P(C)C. The quantitative estimate of drug-likeness (QED) is 0.680. The number of hydrogen-bond acceptors (Lipinski definition) is 0. The van der Waals surface area contributed by atoms with E-state index in [9.17, 15) is 0 Å². The highest BCUT2D eigenvalue weighted by Crippen LogP contribution is 2.51. The Morgan fingerprint density at radius 3 is 2.37 bits per heavy atom. The van der Waals surface area contributed by atoms with Crippen LogP contribution >= 0.6 is 15.8 Å². The van der Waals surface area contributed by atoms with Crippen LogP contribution < -0.4 is 5.30 Å². The van der Waals surface area contributed by atoms with E-state index in [1.165, 1.54) is 19.3 Å². The maximum atomic E-state index is 2.49. The normalized spacial score (nSPS) is 25.2. The third kappa shape index (κ3) is 3.40. The van der Waals surface area contributed by atoms with Crippen molar-refractivity contribution >= 4 is 21.1 Å². The van der Waals surface area contributed by atoms with E-state index >= 15 is 0 Å². The molecule has 3 atom stereocenters. The Labute approximate surface area is 121 Å². The maximum Gasteiger partial charge on any atom is -0.0150 e. The van der Waals surface area contributed by atoms with E-state index in [4.69, 9.17) is 0 Å². The zero-order chi connectivity index (χ0) is 14.0. The minimum Gasteiger partial charge on any atom is -0.110 e. The highest BCUT2D eigenvalue weighted by Gasteiger charge is 2.34. The lowest BCUT2D eigenvalue weighted by Crippen LogP contribution is -2.22. The molecular weight excluding hydrogens is 266 g/mol. The molecule has 0 spiro atoms. The van der Waals surface area contributed by atoms with Gasteiger partial charge in [0.25, 0.3) is 0 Å². The van der Waals surface area contributed by atoms with Gasteiger partial charge in [-0.2, -0.15) is 0 Å². The van der Waals surface area contributed by atoms with Gasteiger partial charge >= 0.3 is 0 Å². The molecule has 106 valence electrons. The predicted molar refractivity (Wildman–Crippen MR) is 93.2 cm³/mol. The fourth-order valence-corrected chi connectivity index (χ4v) is 6.75. The predicted octanol–water partition coefficient (Wildman–Crippen LogP) is 5.07. The van der Waals surface area contributed by atoms with E-state index in [-0.39, 0.29) is 15.8 Å². The van der Waals surface area contributed by atoms with Crippen LogP contribution in [-0.4, -0.2) is 32.3 Å². The maximum absolute atomic E-state index is 2.49. The van der Waals surface area contributed by atoms with Crippen molar-refractivity contribution in [3.05, 3.63) is 29.8 Å². The van der Waals surface area contributed by atoms with Gasteiger partial charge in [-0.15, -0.1) is 7.92 Å². The van der Waals surface area contributed by atoms with E-state index in [1.54, 1.807) is 10.9 Å². The van der Waals surface area contributed by atoms with Gasteiger partial charge < -0.3 is 0 Å². The van der Waals surface area contributed by atoms with E-state index in [0.717, 1.165) is 17.5 Å². The van der Waals surface area contributed by atoms with Crippen LogP contribution in [-0.2, 0) is 0 Å². The third-order valence-electron chi connectivity index (χ3n) is 4.75. The smallest absolute Gasteiger partial charge is 0.0150 e. The van der Waals surface area contributed by atoms with Crippen molar-refractivity contribution in [3.63, 3.8) is 0 Å². The molecule has 2 rings (SSSR count). The van der Waals surface area contributed by atoms with Crippen molar-refractivity contribution in [2.24, 2.45) is 5.92 Å². The van der Waals surface area contributed by atoms with Gasteiger partial charge in [-0.1, -0.05) is 45.5 Å². The molecule has 1 aromatic carbocycles. The highest BCUT2D eigenvalue weighted by atomic mass is 31.1. The summed E-state index contributed by atoms with van der Waals surface area (Å²) in [5, 5.41) is 1.63. The van der Waals surface area contributed by atoms with Crippen LogP contribution in [0.1, 0.15) is 37.7 Å². The molecule has 2 unspecified atom stereocenters. The van der Waals surface area contributed by atoms with Gasteiger partial charge in [0.15, 0.2) is 0 Å². The second kappa shape index (κ2) is 6.69. The van der Waals surface area contributed by atoms with E-state index < -0.39 is 0 Å². The number of hydrogen-bond donors (Lipinski definition) is 0. The molecule has 0 N–H and O–H groups in total. The van der Waals surface area contributed by atoms with Crippen LogP contribution in [0.5, 0.6) is 0 Å². The molecule has 0 nitrogen and oxygen atoms in total. The van der Waals surface area contributed by atoms with Gasteiger partial charge in [-0.3, -0.25) is 0 Å². The molecule has 0 amide bonds. The van der Waals surface area contributed by atoms with Crippen LogP contribution in [0, 0.1) is 5.92 Å². The molecule has 0 aromatic heterocycles. The Kier molecular flexibility index (Phi) is 5.45. The first-order valence-electron chi connectivity index (χ1n) is 7.45. The zero-order valence-electron chi connectivity index (χ0n) is 13.1. The average molecular weight is 294 g/mol. The Balaban J connectivity index is 2.26. The first-order valence-corrected chi connectivity index (χ1v) is 12.0. The van der Waals surface area contributed by atoms with Gasteiger partial charge in [0.1, 0.15) is 0 Å². The van der Waals surface area contributed by atoms with Gasteiger partial charge in [0.2, 0.25) is 0 Å². The van der Waals surface area contributed by atoms with Crippen molar-refractivity contribution in [1.82, 2.24) is 0 Å². The van der Waals surface area contributed by atoms with Crippen LogP contribution in [0.4, 0.5) is 0 Å².